The minimum atomic E-state index is 0.162. The predicted octanol–water partition coefficient (Wildman–Crippen LogP) is 3.89. The Hall–Kier alpha value is -1.57. The van der Waals surface area contributed by atoms with E-state index in [0.29, 0.717) is 0 Å². The lowest BCUT2D eigenvalue weighted by Crippen LogP contribution is -2.12. The second kappa shape index (κ2) is 5.85. The molecular weight excluding hydrogens is 222 g/mol. The highest BCUT2D eigenvalue weighted by Crippen LogP contribution is 2.13. The van der Waals surface area contributed by atoms with Crippen LogP contribution in [0, 0.1) is 6.92 Å². The third kappa shape index (κ3) is 2.63. The Labute approximate surface area is 108 Å². The van der Waals surface area contributed by atoms with Gasteiger partial charge in [0.2, 0.25) is 0 Å². The van der Waals surface area contributed by atoms with Crippen LogP contribution in [0.1, 0.15) is 38.2 Å². The summed E-state index contributed by atoms with van der Waals surface area (Å²) >= 11 is 0. The zero-order valence-electron chi connectivity index (χ0n) is 11.3. The summed E-state index contributed by atoms with van der Waals surface area (Å²) in [5.41, 5.74) is 2.06. The van der Waals surface area contributed by atoms with Gasteiger partial charge in [-0.1, -0.05) is 38.3 Å². The fourth-order valence-electron chi connectivity index (χ4n) is 2.38. The van der Waals surface area contributed by atoms with Crippen LogP contribution in [0.4, 0.5) is 0 Å². The minimum Gasteiger partial charge on any atom is -0.347 e. The summed E-state index contributed by atoms with van der Waals surface area (Å²) in [6.45, 7) is 5.12. The highest BCUT2D eigenvalue weighted by Gasteiger charge is 2.04. The van der Waals surface area contributed by atoms with E-state index in [1.54, 1.807) is 0 Å². The van der Waals surface area contributed by atoms with Crippen molar-refractivity contribution in [2.45, 2.75) is 46.1 Å². The van der Waals surface area contributed by atoms with Crippen LogP contribution in [-0.4, -0.2) is 4.57 Å². The Bertz CT molecular complexity index is 583. The van der Waals surface area contributed by atoms with E-state index in [-0.39, 0.29) is 5.43 Å². The Morgan fingerprint density at radius 2 is 1.89 bits per heavy atom. The van der Waals surface area contributed by atoms with Crippen LogP contribution in [0.3, 0.4) is 0 Å². The van der Waals surface area contributed by atoms with Crippen LogP contribution in [0.5, 0.6) is 0 Å². The molecule has 0 aliphatic rings. The van der Waals surface area contributed by atoms with E-state index in [0.717, 1.165) is 23.0 Å². The molecule has 0 unspecified atom stereocenters. The summed E-state index contributed by atoms with van der Waals surface area (Å²) in [6, 6.07) is 7.90. The van der Waals surface area contributed by atoms with Gasteiger partial charge in [0.05, 0.1) is 5.52 Å². The normalized spacial score (nSPS) is 11.0. The molecule has 2 aromatic rings. The lowest BCUT2D eigenvalue weighted by molar-refractivity contribution is 0.590. The molecule has 0 atom stereocenters. The molecular formula is C16H21NO. The second-order valence-corrected chi connectivity index (χ2v) is 4.91. The quantitative estimate of drug-likeness (QED) is 0.730. The molecule has 0 aliphatic heterocycles. The summed E-state index contributed by atoms with van der Waals surface area (Å²) < 4.78 is 2.22. The number of aromatic nitrogens is 1. The van der Waals surface area contributed by atoms with Crippen molar-refractivity contribution in [2.75, 3.05) is 0 Å². The monoisotopic (exact) mass is 243 g/mol. The molecule has 2 nitrogen and oxygen atoms in total. The van der Waals surface area contributed by atoms with Gasteiger partial charge in [-0.05, 0) is 25.5 Å². The molecule has 1 aromatic carbocycles. The predicted molar refractivity (Wildman–Crippen MR) is 77.1 cm³/mol. The number of aryl methyl sites for hydroxylation is 2. The number of pyridine rings is 1. The molecule has 96 valence electrons. The highest BCUT2D eigenvalue weighted by molar-refractivity contribution is 5.79. The number of para-hydroxylation sites is 1. The second-order valence-electron chi connectivity index (χ2n) is 4.91. The Kier molecular flexibility index (Phi) is 4.19. The third-order valence-corrected chi connectivity index (χ3v) is 3.42. The zero-order chi connectivity index (χ0) is 13.0. The number of nitrogens with zero attached hydrogens (tertiary/aromatic N) is 1. The van der Waals surface area contributed by atoms with Gasteiger partial charge in [0.25, 0.3) is 0 Å². The summed E-state index contributed by atoms with van der Waals surface area (Å²) in [5.74, 6) is 0. The third-order valence-electron chi connectivity index (χ3n) is 3.42. The number of hydrogen-bond acceptors (Lipinski definition) is 1. The lowest BCUT2D eigenvalue weighted by Gasteiger charge is -2.12. The van der Waals surface area contributed by atoms with Crippen LogP contribution < -0.4 is 5.43 Å². The van der Waals surface area contributed by atoms with Crippen LogP contribution in [0.25, 0.3) is 10.9 Å². The summed E-state index contributed by atoms with van der Waals surface area (Å²) in [4.78, 5) is 12.0. The fourth-order valence-corrected chi connectivity index (χ4v) is 2.38. The molecule has 2 rings (SSSR count). The number of unbranched alkanes of at least 4 members (excludes halogenated alkanes) is 3. The molecule has 0 spiro atoms. The first kappa shape index (κ1) is 12.9. The smallest absolute Gasteiger partial charge is 0.192 e. The van der Waals surface area contributed by atoms with Crippen LogP contribution in [0.15, 0.2) is 35.3 Å². The molecule has 0 aliphatic carbocycles. The van der Waals surface area contributed by atoms with Gasteiger partial charge in [-0.3, -0.25) is 4.79 Å². The van der Waals surface area contributed by atoms with Crippen LogP contribution >= 0.6 is 0 Å². The Morgan fingerprint density at radius 3 is 2.67 bits per heavy atom. The average Bonchev–Trinajstić information content (AvgIpc) is 2.40. The molecule has 2 heteroatoms. The highest BCUT2D eigenvalue weighted by atomic mass is 16.1. The minimum absolute atomic E-state index is 0.162. The van der Waals surface area contributed by atoms with Crippen molar-refractivity contribution in [1.82, 2.24) is 4.57 Å². The summed E-state index contributed by atoms with van der Waals surface area (Å²) in [7, 11) is 0. The molecule has 0 amide bonds. The van der Waals surface area contributed by atoms with E-state index >= 15 is 0 Å². The van der Waals surface area contributed by atoms with Crippen molar-refractivity contribution >= 4 is 10.9 Å². The molecule has 1 heterocycles. The average molecular weight is 243 g/mol. The standard InChI is InChI=1S/C16H21NO/c1-3-4-5-8-11-17-12-13(2)16(18)14-9-6-7-10-15(14)17/h6-7,9-10,12H,3-5,8,11H2,1-2H3. The van der Waals surface area contributed by atoms with Gasteiger partial charge in [0, 0.05) is 23.7 Å². The van der Waals surface area contributed by atoms with Gasteiger partial charge >= 0.3 is 0 Å². The van der Waals surface area contributed by atoms with E-state index in [9.17, 15) is 4.79 Å². The molecule has 0 saturated heterocycles. The molecule has 0 fully saturated rings. The van der Waals surface area contributed by atoms with Crippen molar-refractivity contribution < 1.29 is 0 Å². The van der Waals surface area contributed by atoms with Crippen molar-refractivity contribution in [1.29, 1.82) is 0 Å². The van der Waals surface area contributed by atoms with Crippen LogP contribution in [0.2, 0.25) is 0 Å². The van der Waals surface area contributed by atoms with Gasteiger partial charge in [-0.15, -0.1) is 0 Å². The SMILES string of the molecule is CCCCCCn1cc(C)c(=O)c2ccccc21. The molecule has 1 aromatic heterocycles. The number of fused-ring (bicyclic) bond motifs is 1. The maximum absolute atomic E-state index is 12.0. The molecule has 18 heavy (non-hydrogen) atoms. The first-order valence-corrected chi connectivity index (χ1v) is 6.83. The van der Waals surface area contributed by atoms with Crippen molar-refractivity contribution in [2.24, 2.45) is 0 Å². The number of hydrogen-bond donors (Lipinski definition) is 0. The fraction of sp³-hybridized carbons (Fsp3) is 0.438. The first-order valence-electron chi connectivity index (χ1n) is 6.83. The van der Waals surface area contributed by atoms with Gasteiger partial charge in [0.15, 0.2) is 5.43 Å². The van der Waals surface area contributed by atoms with Gasteiger partial charge in [0.1, 0.15) is 0 Å². The topological polar surface area (TPSA) is 22.0 Å². The number of benzene rings is 1. The van der Waals surface area contributed by atoms with Gasteiger partial charge in [-0.2, -0.15) is 0 Å². The van der Waals surface area contributed by atoms with E-state index in [1.807, 2.05) is 37.4 Å². The van der Waals surface area contributed by atoms with Crippen molar-refractivity contribution in [3.05, 3.63) is 46.2 Å². The Balaban J connectivity index is 2.32. The van der Waals surface area contributed by atoms with Gasteiger partial charge < -0.3 is 4.57 Å². The summed E-state index contributed by atoms with van der Waals surface area (Å²) in [6.07, 6.45) is 6.98. The maximum atomic E-state index is 12.0. The van der Waals surface area contributed by atoms with Crippen LogP contribution in [-0.2, 0) is 6.54 Å². The summed E-state index contributed by atoms with van der Waals surface area (Å²) in [5, 5.41) is 0.841. The zero-order valence-corrected chi connectivity index (χ0v) is 11.3. The van der Waals surface area contributed by atoms with E-state index < -0.39 is 0 Å². The first-order chi connectivity index (χ1) is 8.74. The lowest BCUT2D eigenvalue weighted by atomic mass is 10.1. The molecule has 0 bridgehead atoms. The van der Waals surface area contributed by atoms with E-state index in [2.05, 4.69) is 11.5 Å². The molecule has 0 radical (unpaired) electrons. The number of rotatable bonds is 5. The van der Waals surface area contributed by atoms with Crippen molar-refractivity contribution in [3.8, 4) is 0 Å². The van der Waals surface area contributed by atoms with Crippen molar-refractivity contribution in [3.63, 3.8) is 0 Å². The molecule has 0 saturated carbocycles. The largest absolute Gasteiger partial charge is 0.347 e. The van der Waals surface area contributed by atoms with Gasteiger partial charge in [-0.25, -0.2) is 0 Å². The maximum Gasteiger partial charge on any atom is 0.192 e. The van der Waals surface area contributed by atoms with E-state index in [1.165, 1.54) is 25.7 Å². The Morgan fingerprint density at radius 1 is 1.11 bits per heavy atom. The van der Waals surface area contributed by atoms with E-state index in [4.69, 9.17) is 0 Å². The molecule has 0 N–H and O–H groups in total.